The number of benzene rings is 2. The van der Waals surface area contributed by atoms with Crippen LogP contribution in [0.1, 0.15) is 12.2 Å². The van der Waals surface area contributed by atoms with Gasteiger partial charge in [0.05, 0.1) is 0 Å². The number of nitrogens with zero attached hydrogens (tertiary/aromatic N) is 1. The van der Waals surface area contributed by atoms with Crippen LogP contribution < -0.4 is 5.32 Å². The smallest absolute Gasteiger partial charge is 0.404 e. The molecule has 0 saturated heterocycles. The summed E-state index contributed by atoms with van der Waals surface area (Å²) in [6.45, 7) is 0.400. The SMILES string of the molecule is O=C(O)NCCCc1cc(-c2ccc(-c3ccccc3)cc2)no1. The van der Waals surface area contributed by atoms with Gasteiger partial charge in [-0.1, -0.05) is 59.8 Å². The van der Waals surface area contributed by atoms with Gasteiger partial charge in [0, 0.05) is 24.6 Å². The zero-order chi connectivity index (χ0) is 16.8. The Labute approximate surface area is 139 Å². The van der Waals surface area contributed by atoms with E-state index >= 15 is 0 Å². The van der Waals surface area contributed by atoms with Crippen LogP contribution in [0.15, 0.2) is 65.2 Å². The van der Waals surface area contributed by atoms with Gasteiger partial charge < -0.3 is 14.9 Å². The first-order valence-electron chi connectivity index (χ1n) is 7.80. The molecule has 122 valence electrons. The van der Waals surface area contributed by atoms with Crippen molar-refractivity contribution < 1.29 is 14.4 Å². The molecule has 1 amide bonds. The molecule has 3 aromatic rings. The Kier molecular flexibility index (Phi) is 4.91. The van der Waals surface area contributed by atoms with Gasteiger partial charge in [-0.25, -0.2) is 4.79 Å². The average Bonchev–Trinajstić information content (AvgIpc) is 3.08. The topological polar surface area (TPSA) is 75.4 Å². The molecule has 0 spiro atoms. The van der Waals surface area contributed by atoms with E-state index in [2.05, 4.69) is 34.7 Å². The molecule has 0 atom stereocenters. The van der Waals surface area contributed by atoms with Crippen LogP contribution in [0.4, 0.5) is 4.79 Å². The molecule has 24 heavy (non-hydrogen) atoms. The molecular weight excluding hydrogens is 304 g/mol. The van der Waals surface area contributed by atoms with E-state index in [1.807, 2.05) is 36.4 Å². The Morgan fingerprint density at radius 3 is 2.38 bits per heavy atom. The van der Waals surface area contributed by atoms with E-state index < -0.39 is 6.09 Å². The zero-order valence-electron chi connectivity index (χ0n) is 13.1. The maximum atomic E-state index is 10.4. The van der Waals surface area contributed by atoms with Crippen LogP contribution in [0.5, 0.6) is 0 Å². The summed E-state index contributed by atoms with van der Waals surface area (Å²) in [5.74, 6) is 0.754. The quantitative estimate of drug-likeness (QED) is 0.667. The molecule has 0 fully saturated rings. The summed E-state index contributed by atoms with van der Waals surface area (Å²) >= 11 is 0. The van der Waals surface area contributed by atoms with Crippen LogP contribution in [0.3, 0.4) is 0 Å². The Morgan fingerprint density at radius 2 is 1.67 bits per heavy atom. The minimum atomic E-state index is -1.01. The number of rotatable bonds is 6. The van der Waals surface area contributed by atoms with Gasteiger partial charge in [0.25, 0.3) is 0 Å². The number of nitrogens with one attached hydrogen (secondary N) is 1. The molecule has 0 aliphatic carbocycles. The second kappa shape index (κ2) is 7.46. The lowest BCUT2D eigenvalue weighted by molar-refractivity contribution is 0.194. The van der Waals surface area contributed by atoms with Gasteiger partial charge in [0.2, 0.25) is 0 Å². The van der Waals surface area contributed by atoms with Crippen LogP contribution in [-0.4, -0.2) is 22.9 Å². The third-order valence-corrected chi connectivity index (χ3v) is 3.72. The summed E-state index contributed by atoms with van der Waals surface area (Å²) < 4.78 is 5.32. The molecule has 3 rings (SSSR count). The number of aryl methyl sites for hydroxylation is 1. The Bertz CT molecular complexity index is 795. The monoisotopic (exact) mass is 322 g/mol. The predicted octanol–water partition coefficient (Wildman–Crippen LogP) is 4.21. The summed E-state index contributed by atoms with van der Waals surface area (Å²) in [4.78, 5) is 10.4. The second-order valence-electron chi connectivity index (χ2n) is 5.46. The Hall–Kier alpha value is -3.08. The van der Waals surface area contributed by atoms with Gasteiger partial charge in [0.1, 0.15) is 11.5 Å². The molecule has 2 aromatic carbocycles. The van der Waals surface area contributed by atoms with E-state index in [9.17, 15) is 4.79 Å². The lowest BCUT2D eigenvalue weighted by Gasteiger charge is -2.02. The molecule has 0 radical (unpaired) electrons. The fraction of sp³-hybridized carbons (Fsp3) is 0.158. The molecule has 1 aromatic heterocycles. The highest BCUT2D eigenvalue weighted by molar-refractivity contribution is 5.68. The van der Waals surface area contributed by atoms with Crippen molar-refractivity contribution in [2.24, 2.45) is 0 Å². The Balaban J connectivity index is 1.64. The Morgan fingerprint density at radius 1 is 1.00 bits per heavy atom. The number of hydrogen-bond donors (Lipinski definition) is 2. The van der Waals surface area contributed by atoms with E-state index in [4.69, 9.17) is 9.63 Å². The first-order chi connectivity index (χ1) is 11.7. The number of hydrogen-bond acceptors (Lipinski definition) is 3. The average molecular weight is 322 g/mol. The predicted molar refractivity (Wildman–Crippen MR) is 91.7 cm³/mol. The largest absolute Gasteiger partial charge is 0.465 e. The van der Waals surface area contributed by atoms with Crippen molar-refractivity contribution >= 4 is 6.09 Å². The molecule has 0 aliphatic heterocycles. The molecule has 1 heterocycles. The highest BCUT2D eigenvalue weighted by Crippen LogP contribution is 2.24. The van der Waals surface area contributed by atoms with Gasteiger partial charge in [0.15, 0.2) is 0 Å². The summed E-state index contributed by atoms with van der Waals surface area (Å²) in [6, 6.07) is 20.3. The lowest BCUT2D eigenvalue weighted by atomic mass is 10.0. The van der Waals surface area contributed by atoms with Crippen LogP contribution in [-0.2, 0) is 6.42 Å². The molecule has 2 N–H and O–H groups in total. The van der Waals surface area contributed by atoms with E-state index in [1.165, 1.54) is 5.56 Å². The van der Waals surface area contributed by atoms with Crippen LogP contribution in [0, 0.1) is 0 Å². The van der Waals surface area contributed by atoms with E-state index in [0.717, 1.165) is 22.6 Å². The molecule has 0 aliphatic rings. The first-order valence-corrected chi connectivity index (χ1v) is 7.80. The third kappa shape index (κ3) is 4.01. The minimum absolute atomic E-state index is 0.400. The fourth-order valence-electron chi connectivity index (χ4n) is 2.49. The van der Waals surface area contributed by atoms with E-state index in [1.54, 1.807) is 0 Å². The highest BCUT2D eigenvalue weighted by Gasteiger charge is 2.07. The van der Waals surface area contributed by atoms with Gasteiger partial charge in [-0.15, -0.1) is 0 Å². The maximum Gasteiger partial charge on any atom is 0.404 e. The highest BCUT2D eigenvalue weighted by atomic mass is 16.5. The van der Waals surface area contributed by atoms with Crippen LogP contribution in [0.2, 0.25) is 0 Å². The standard InChI is InChI=1S/C19H18N2O3/c22-19(23)20-12-4-7-17-13-18(21-24-17)16-10-8-15(9-11-16)14-5-2-1-3-6-14/h1-3,5-6,8-11,13,20H,4,7,12H2,(H,22,23). The summed E-state index contributed by atoms with van der Waals surface area (Å²) in [6.07, 6.45) is 0.315. The van der Waals surface area contributed by atoms with Crippen molar-refractivity contribution in [3.8, 4) is 22.4 Å². The van der Waals surface area contributed by atoms with Crippen molar-refractivity contribution in [3.05, 3.63) is 66.4 Å². The maximum absolute atomic E-state index is 10.4. The van der Waals surface area contributed by atoms with Gasteiger partial charge in [-0.2, -0.15) is 0 Å². The normalized spacial score (nSPS) is 10.5. The van der Waals surface area contributed by atoms with Gasteiger partial charge >= 0.3 is 6.09 Å². The fourth-order valence-corrected chi connectivity index (χ4v) is 2.49. The van der Waals surface area contributed by atoms with Crippen LogP contribution >= 0.6 is 0 Å². The number of carboxylic acid groups (broad SMARTS) is 1. The summed E-state index contributed by atoms with van der Waals surface area (Å²) in [5, 5.41) is 14.9. The van der Waals surface area contributed by atoms with E-state index in [-0.39, 0.29) is 0 Å². The zero-order valence-corrected chi connectivity index (χ0v) is 13.1. The van der Waals surface area contributed by atoms with Crippen LogP contribution in [0.25, 0.3) is 22.4 Å². The number of aromatic nitrogens is 1. The molecule has 0 unspecified atom stereocenters. The van der Waals surface area contributed by atoms with E-state index in [0.29, 0.717) is 19.4 Å². The first kappa shape index (κ1) is 15.8. The van der Waals surface area contributed by atoms with Gasteiger partial charge in [-0.3, -0.25) is 0 Å². The molecule has 5 nitrogen and oxygen atoms in total. The summed E-state index contributed by atoms with van der Waals surface area (Å²) in [5.41, 5.74) is 4.11. The lowest BCUT2D eigenvalue weighted by Crippen LogP contribution is -2.22. The summed E-state index contributed by atoms with van der Waals surface area (Å²) in [7, 11) is 0. The minimum Gasteiger partial charge on any atom is -0.465 e. The molecule has 0 saturated carbocycles. The van der Waals surface area contributed by atoms with Crippen molar-refractivity contribution in [3.63, 3.8) is 0 Å². The van der Waals surface area contributed by atoms with Crippen molar-refractivity contribution in [1.29, 1.82) is 0 Å². The number of amides is 1. The second-order valence-corrected chi connectivity index (χ2v) is 5.46. The van der Waals surface area contributed by atoms with Crippen molar-refractivity contribution in [2.75, 3.05) is 6.54 Å². The molecule has 0 bridgehead atoms. The van der Waals surface area contributed by atoms with Gasteiger partial charge in [-0.05, 0) is 17.5 Å². The van der Waals surface area contributed by atoms with Crippen molar-refractivity contribution in [1.82, 2.24) is 10.5 Å². The number of carbonyl (C=O) groups is 1. The third-order valence-electron chi connectivity index (χ3n) is 3.72. The molecular formula is C19H18N2O3. The van der Waals surface area contributed by atoms with Crippen molar-refractivity contribution in [2.45, 2.75) is 12.8 Å². The molecule has 5 heteroatoms.